The SMILES string of the molecule is NOCC(F)C1CCCCCC1. The number of hydrogen-bond acceptors (Lipinski definition) is 2. The molecular formula is C9H18FNO. The highest BCUT2D eigenvalue weighted by Gasteiger charge is 2.21. The summed E-state index contributed by atoms with van der Waals surface area (Å²) in [7, 11) is 0. The number of alkyl halides is 1. The zero-order valence-corrected chi connectivity index (χ0v) is 7.47. The van der Waals surface area contributed by atoms with E-state index in [0.29, 0.717) is 0 Å². The molecule has 12 heavy (non-hydrogen) atoms. The van der Waals surface area contributed by atoms with Gasteiger partial charge in [0, 0.05) is 0 Å². The first kappa shape index (κ1) is 9.93. The van der Waals surface area contributed by atoms with E-state index in [0.717, 1.165) is 25.7 Å². The Hall–Kier alpha value is -0.150. The van der Waals surface area contributed by atoms with Crippen LogP contribution in [-0.4, -0.2) is 12.8 Å². The van der Waals surface area contributed by atoms with Gasteiger partial charge in [0.2, 0.25) is 0 Å². The normalized spacial score (nSPS) is 23.5. The molecule has 1 atom stereocenters. The summed E-state index contributed by atoms with van der Waals surface area (Å²) in [5.41, 5.74) is 0. The molecule has 2 nitrogen and oxygen atoms in total. The first-order valence-corrected chi connectivity index (χ1v) is 4.80. The van der Waals surface area contributed by atoms with E-state index < -0.39 is 6.17 Å². The van der Waals surface area contributed by atoms with Gasteiger partial charge in [0.25, 0.3) is 0 Å². The van der Waals surface area contributed by atoms with Crippen LogP contribution in [0.25, 0.3) is 0 Å². The van der Waals surface area contributed by atoms with Crippen molar-refractivity contribution in [2.45, 2.75) is 44.7 Å². The predicted molar refractivity (Wildman–Crippen MR) is 46.2 cm³/mol. The molecule has 0 spiro atoms. The van der Waals surface area contributed by atoms with Crippen molar-refractivity contribution in [1.82, 2.24) is 0 Å². The average Bonchev–Trinajstić information content (AvgIpc) is 2.32. The first-order valence-electron chi connectivity index (χ1n) is 4.80. The van der Waals surface area contributed by atoms with E-state index in [1.807, 2.05) is 0 Å². The Morgan fingerprint density at radius 1 is 1.25 bits per heavy atom. The lowest BCUT2D eigenvalue weighted by Gasteiger charge is -2.17. The van der Waals surface area contributed by atoms with Gasteiger partial charge in [-0.05, 0) is 18.8 Å². The number of nitrogens with two attached hydrogens (primary N) is 1. The molecule has 1 unspecified atom stereocenters. The highest BCUT2D eigenvalue weighted by atomic mass is 19.1. The summed E-state index contributed by atoms with van der Waals surface area (Å²) in [6.45, 7) is 0.0602. The standard InChI is InChI=1S/C9H18FNO/c10-9(7-12-11)8-5-3-1-2-4-6-8/h8-9H,1-7,11H2. The van der Waals surface area contributed by atoms with Crippen molar-refractivity contribution in [3.8, 4) is 0 Å². The van der Waals surface area contributed by atoms with Gasteiger partial charge in [0.05, 0.1) is 6.61 Å². The van der Waals surface area contributed by atoms with E-state index in [1.54, 1.807) is 0 Å². The second-order valence-electron chi connectivity index (χ2n) is 3.60. The van der Waals surface area contributed by atoms with Crippen molar-refractivity contribution in [1.29, 1.82) is 0 Å². The lowest BCUT2D eigenvalue weighted by molar-refractivity contribution is 0.0504. The number of rotatable bonds is 3. The summed E-state index contributed by atoms with van der Waals surface area (Å²) in [5.74, 6) is 5.03. The van der Waals surface area contributed by atoms with Crippen LogP contribution in [-0.2, 0) is 4.84 Å². The second-order valence-corrected chi connectivity index (χ2v) is 3.60. The molecule has 1 saturated carbocycles. The summed E-state index contributed by atoms with van der Waals surface area (Å²) in [6, 6.07) is 0. The van der Waals surface area contributed by atoms with Crippen LogP contribution >= 0.6 is 0 Å². The maximum Gasteiger partial charge on any atom is 0.128 e. The van der Waals surface area contributed by atoms with Crippen LogP contribution in [0.2, 0.25) is 0 Å². The van der Waals surface area contributed by atoms with Gasteiger partial charge in [0.1, 0.15) is 6.17 Å². The minimum atomic E-state index is -0.854. The zero-order valence-electron chi connectivity index (χ0n) is 7.47. The Labute approximate surface area is 73.2 Å². The summed E-state index contributed by atoms with van der Waals surface area (Å²) in [6.07, 6.45) is 5.99. The molecule has 0 saturated heterocycles. The van der Waals surface area contributed by atoms with E-state index in [9.17, 15) is 4.39 Å². The van der Waals surface area contributed by atoms with Crippen LogP contribution in [0, 0.1) is 5.92 Å². The van der Waals surface area contributed by atoms with Gasteiger partial charge >= 0.3 is 0 Å². The Kier molecular flexibility index (Phi) is 4.54. The molecule has 1 aliphatic carbocycles. The van der Waals surface area contributed by atoms with Crippen LogP contribution < -0.4 is 5.90 Å². The first-order chi connectivity index (χ1) is 5.84. The van der Waals surface area contributed by atoms with Gasteiger partial charge in [-0.3, -0.25) is 0 Å². The van der Waals surface area contributed by atoms with Gasteiger partial charge in [-0.2, -0.15) is 0 Å². The van der Waals surface area contributed by atoms with Gasteiger partial charge in [-0.1, -0.05) is 25.7 Å². The quantitative estimate of drug-likeness (QED) is 0.527. The summed E-state index contributed by atoms with van der Waals surface area (Å²) in [4.78, 5) is 4.32. The molecule has 3 heteroatoms. The molecule has 2 N–H and O–H groups in total. The highest BCUT2D eigenvalue weighted by Crippen LogP contribution is 2.26. The molecule has 1 rings (SSSR count). The minimum Gasteiger partial charge on any atom is -0.302 e. The van der Waals surface area contributed by atoms with Gasteiger partial charge in [-0.15, -0.1) is 0 Å². The maximum atomic E-state index is 13.3. The fraction of sp³-hybridized carbons (Fsp3) is 1.00. The van der Waals surface area contributed by atoms with Gasteiger partial charge in [-0.25, -0.2) is 10.3 Å². The van der Waals surface area contributed by atoms with E-state index in [1.165, 1.54) is 12.8 Å². The molecular weight excluding hydrogens is 157 g/mol. The molecule has 0 amide bonds. The Morgan fingerprint density at radius 3 is 2.33 bits per heavy atom. The summed E-state index contributed by atoms with van der Waals surface area (Å²) < 4.78 is 13.3. The van der Waals surface area contributed by atoms with Gasteiger partial charge < -0.3 is 4.84 Å². The lowest BCUT2D eigenvalue weighted by Crippen LogP contribution is -2.23. The molecule has 0 heterocycles. The monoisotopic (exact) mass is 175 g/mol. The van der Waals surface area contributed by atoms with Gasteiger partial charge in [0.15, 0.2) is 0 Å². The summed E-state index contributed by atoms with van der Waals surface area (Å²) in [5, 5.41) is 0. The molecule has 72 valence electrons. The van der Waals surface area contributed by atoms with Crippen molar-refractivity contribution >= 4 is 0 Å². The van der Waals surface area contributed by atoms with E-state index >= 15 is 0 Å². The van der Waals surface area contributed by atoms with E-state index in [-0.39, 0.29) is 12.5 Å². The molecule has 0 aromatic carbocycles. The van der Waals surface area contributed by atoms with Crippen molar-refractivity contribution in [2.75, 3.05) is 6.61 Å². The lowest BCUT2D eigenvalue weighted by atomic mass is 9.95. The topological polar surface area (TPSA) is 35.2 Å². The van der Waals surface area contributed by atoms with Crippen LogP contribution in [0.4, 0.5) is 4.39 Å². The molecule has 0 aliphatic heterocycles. The predicted octanol–water partition coefficient (Wildman–Crippen LogP) is 2.19. The third kappa shape index (κ3) is 3.07. The van der Waals surface area contributed by atoms with Crippen molar-refractivity contribution < 1.29 is 9.23 Å². The molecule has 0 aromatic heterocycles. The van der Waals surface area contributed by atoms with Crippen molar-refractivity contribution in [3.63, 3.8) is 0 Å². The second kappa shape index (κ2) is 5.49. The Balaban J connectivity index is 2.27. The minimum absolute atomic E-state index is 0.0602. The van der Waals surface area contributed by atoms with Crippen LogP contribution in [0.1, 0.15) is 38.5 Å². The Morgan fingerprint density at radius 2 is 1.83 bits per heavy atom. The van der Waals surface area contributed by atoms with Crippen LogP contribution in [0.5, 0.6) is 0 Å². The molecule has 1 fully saturated rings. The number of hydrogen-bond donors (Lipinski definition) is 1. The maximum absolute atomic E-state index is 13.3. The average molecular weight is 175 g/mol. The molecule has 0 aromatic rings. The molecule has 1 aliphatic rings. The molecule has 0 bridgehead atoms. The highest BCUT2D eigenvalue weighted by molar-refractivity contribution is 4.71. The fourth-order valence-electron chi connectivity index (χ4n) is 1.90. The van der Waals surface area contributed by atoms with Crippen LogP contribution in [0.3, 0.4) is 0 Å². The third-order valence-corrected chi connectivity index (χ3v) is 2.67. The Bertz CT molecular complexity index is 113. The fourth-order valence-corrected chi connectivity index (χ4v) is 1.90. The third-order valence-electron chi connectivity index (χ3n) is 2.67. The zero-order chi connectivity index (χ0) is 8.81. The van der Waals surface area contributed by atoms with E-state index in [4.69, 9.17) is 5.90 Å². The molecule has 0 radical (unpaired) electrons. The number of halogens is 1. The van der Waals surface area contributed by atoms with Crippen LogP contribution in [0.15, 0.2) is 0 Å². The smallest absolute Gasteiger partial charge is 0.128 e. The largest absolute Gasteiger partial charge is 0.302 e. The van der Waals surface area contributed by atoms with Crippen molar-refractivity contribution in [3.05, 3.63) is 0 Å². The van der Waals surface area contributed by atoms with E-state index in [2.05, 4.69) is 4.84 Å². The summed E-state index contributed by atoms with van der Waals surface area (Å²) >= 11 is 0. The van der Waals surface area contributed by atoms with Crippen molar-refractivity contribution in [2.24, 2.45) is 11.8 Å².